The Morgan fingerprint density at radius 1 is 1.29 bits per heavy atom. The molecule has 1 aromatic rings. The molecule has 3 nitrogen and oxygen atoms in total. The molecule has 92 valence electrons. The molecule has 0 spiro atoms. The Morgan fingerprint density at radius 3 is 2.76 bits per heavy atom. The van der Waals surface area contributed by atoms with Gasteiger partial charge in [-0.15, -0.1) is 0 Å². The summed E-state index contributed by atoms with van der Waals surface area (Å²) in [4.78, 5) is 2.42. The van der Waals surface area contributed by atoms with Gasteiger partial charge in [0.05, 0.1) is 11.6 Å². The molecule has 0 heterocycles. The summed E-state index contributed by atoms with van der Waals surface area (Å²) in [7, 11) is 0. The first kappa shape index (κ1) is 13.5. The predicted molar refractivity (Wildman–Crippen MR) is 72.1 cm³/mol. The average Bonchev–Trinajstić information content (AvgIpc) is 2.38. The van der Waals surface area contributed by atoms with E-state index in [1.807, 2.05) is 24.3 Å². The van der Waals surface area contributed by atoms with Crippen molar-refractivity contribution in [3.05, 3.63) is 29.8 Å². The van der Waals surface area contributed by atoms with Crippen molar-refractivity contribution in [1.82, 2.24) is 4.90 Å². The maximum absolute atomic E-state index is 8.80. The second-order valence-corrected chi connectivity index (χ2v) is 4.05. The summed E-state index contributed by atoms with van der Waals surface area (Å²) in [5.41, 5.74) is 1.73. The second-order valence-electron chi connectivity index (χ2n) is 4.05. The highest BCUT2D eigenvalue weighted by Crippen LogP contribution is 2.09. The summed E-state index contributed by atoms with van der Waals surface area (Å²) < 4.78 is 0. The number of hydrogen-bond acceptors (Lipinski definition) is 3. The maximum atomic E-state index is 8.80. The van der Waals surface area contributed by atoms with E-state index < -0.39 is 0 Å². The first-order chi connectivity index (χ1) is 8.30. The van der Waals surface area contributed by atoms with E-state index in [9.17, 15) is 0 Å². The van der Waals surface area contributed by atoms with Gasteiger partial charge in [0.2, 0.25) is 0 Å². The first-order valence-electron chi connectivity index (χ1n) is 6.26. The van der Waals surface area contributed by atoms with Crippen molar-refractivity contribution in [3.63, 3.8) is 0 Å². The molecule has 0 aliphatic carbocycles. The lowest BCUT2D eigenvalue weighted by molar-refractivity contribution is 0.300. The number of nitrogens with zero attached hydrogens (tertiary/aromatic N) is 2. The Balaban J connectivity index is 2.37. The lowest BCUT2D eigenvalue weighted by atomic mass is 10.2. The summed E-state index contributed by atoms with van der Waals surface area (Å²) in [6.45, 7) is 8.59. The number of nitriles is 1. The molecule has 0 bridgehead atoms. The van der Waals surface area contributed by atoms with Crippen LogP contribution in [0.3, 0.4) is 0 Å². The maximum Gasteiger partial charge on any atom is 0.0992 e. The normalized spacial score (nSPS) is 10.2. The zero-order valence-corrected chi connectivity index (χ0v) is 10.7. The molecule has 0 atom stereocenters. The lowest BCUT2D eigenvalue weighted by Crippen LogP contribution is -2.29. The Hall–Kier alpha value is -1.53. The predicted octanol–water partition coefficient (Wildman–Crippen LogP) is 2.70. The fraction of sp³-hybridized carbons (Fsp3) is 0.500. The topological polar surface area (TPSA) is 39.1 Å². The fourth-order valence-electron chi connectivity index (χ4n) is 1.80. The Kier molecular flexibility index (Phi) is 6.13. The van der Waals surface area contributed by atoms with Crippen LogP contribution in [-0.4, -0.2) is 31.1 Å². The second kappa shape index (κ2) is 7.70. The number of benzene rings is 1. The summed E-state index contributed by atoms with van der Waals surface area (Å²) in [6, 6.07) is 9.76. The third-order valence-corrected chi connectivity index (χ3v) is 2.74. The zero-order chi connectivity index (χ0) is 12.5. The largest absolute Gasteiger partial charge is 0.384 e. The van der Waals surface area contributed by atoms with Crippen molar-refractivity contribution in [2.45, 2.75) is 20.3 Å². The first-order valence-corrected chi connectivity index (χ1v) is 6.26. The molecule has 3 heteroatoms. The van der Waals surface area contributed by atoms with Crippen LogP contribution in [0.15, 0.2) is 24.3 Å². The molecule has 1 aromatic carbocycles. The molecule has 0 aromatic heterocycles. The molecular formula is C14H21N3. The van der Waals surface area contributed by atoms with Crippen molar-refractivity contribution in [3.8, 4) is 6.07 Å². The summed E-state index contributed by atoms with van der Waals surface area (Å²) in [5.74, 6) is 0. The van der Waals surface area contributed by atoms with Crippen LogP contribution in [0.5, 0.6) is 0 Å². The third kappa shape index (κ3) is 4.88. The minimum Gasteiger partial charge on any atom is -0.384 e. The van der Waals surface area contributed by atoms with Crippen molar-refractivity contribution < 1.29 is 0 Å². The standard InChI is InChI=1S/C14H21N3/c1-3-9-17(4-2)10-8-16-14-7-5-6-13(11-14)12-15/h5-7,11,16H,3-4,8-10H2,1-2H3. The van der Waals surface area contributed by atoms with E-state index in [4.69, 9.17) is 5.26 Å². The van der Waals surface area contributed by atoms with Crippen LogP contribution in [0.1, 0.15) is 25.8 Å². The van der Waals surface area contributed by atoms with E-state index in [2.05, 4.69) is 30.1 Å². The molecule has 0 amide bonds. The summed E-state index contributed by atoms with van der Waals surface area (Å²) >= 11 is 0. The Morgan fingerprint density at radius 2 is 2.12 bits per heavy atom. The Labute approximate surface area is 104 Å². The van der Waals surface area contributed by atoms with E-state index in [0.29, 0.717) is 5.56 Å². The number of anilines is 1. The SMILES string of the molecule is CCCN(CC)CCNc1cccc(C#N)c1. The van der Waals surface area contributed by atoms with Gasteiger partial charge in [0.1, 0.15) is 0 Å². The van der Waals surface area contributed by atoms with E-state index >= 15 is 0 Å². The average molecular weight is 231 g/mol. The van der Waals surface area contributed by atoms with Gasteiger partial charge in [-0.1, -0.05) is 19.9 Å². The quantitative estimate of drug-likeness (QED) is 0.784. The number of nitrogens with one attached hydrogen (secondary N) is 1. The van der Waals surface area contributed by atoms with E-state index in [0.717, 1.165) is 31.9 Å². The van der Waals surface area contributed by atoms with Crippen LogP contribution >= 0.6 is 0 Å². The van der Waals surface area contributed by atoms with Crippen LogP contribution < -0.4 is 5.32 Å². The van der Waals surface area contributed by atoms with Crippen LogP contribution in [0, 0.1) is 11.3 Å². The van der Waals surface area contributed by atoms with Crippen molar-refractivity contribution in [1.29, 1.82) is 5.26 Å². The minimum absolute atomic E-state index is 0.705. The monoisotopic (exact) mass is 231 g/mol. The van der Waals surface area contributed by atoms with Gasteiger partial charge in [-0.25, -0.2) is 0 Å². The van der Waals surface area contributed by atoms with Gasteiger partial charge in [0, 0.05) is 18.8 Å². The highest BCUT2D eigenvalue weighted by molar-refractivity contribution is 5.49. The summed E-state index contributed by atoms with van der Waals surface area (Å²) in [6.07, 6.45) is 1.19. The molecule has 0 saturated carbocycles. The highest BCUT2D eigenvalue weighted by atomic mass is 15.1. The molecule has 1 N–H and O–H groups in total. The van der Waals surface area contributed by atoms with Crippen LogP contribution in [0.4, 0.5) is 5.69 Å². The van der Waals surface area contributed by atoms with Crippen molar-refractivity contribution in [2.24, 2.45) is 0 Å². The molecule has 0 fully saturated rings. The molecule has 0 aliphatic rings. The van der Waals surface area contributed by atoms with E-state index in [1.165, 1.54) is 6.42 Å². The third-order valence-electron chi connectivity index (χ3n) is 2.74. The lowest BCUT2D eigenvalue weighted by Gasteiger charge is -2.19. The number of likely N-dealkylation sites (N-methyl/N-ethyl adjacent to an activating group) is 1. The van der Waals surface area contributed by atoms with Crippen molar-refractivity contribution in [2.75, 3.05) is 31.5 Å². The minimum atomic E-state index is 0.705. The van der Waals surface area contributed by atoms with Gasteiger partial charge >= 0.3 is 0 Å². The summed E-state index contributed by atoms with van der Waals surface area (Å²) in [5, 5.41) is 12.1. The molecule has 0 radical (unpaired) electrons. The van der Waals surface area contributed by atoms with Crippen LogP contribution in [-0.2, 0) is 0 Å². The molecule has 0 saturated heterocycles. The van der Waals surface area contributed by atoms with Gasteiger partial charge in [0.25, 0.3) is 0 Å². The van der Waals surface area contributed by atoms with Gasteiger partial charge < -0.3 is 10.2 Å². The molecule has 17 heavy (non-hydrogen) atoms. The van der Waals surface area contributed by atoms with Crippen LogP contribution in [0.25, 0.3) is 0 Å². The molecule has 0 unspecified atom stereocenters. The zero-order valence-electron chi connectivity index (χ0n) is 10.7. The molecule has 1 rings (SSSR count). The van der Waals surface area contributed by atoms with Crippen LogP contribution in [0.2, 0.25) is 0 Å². The van der Waals surface area contributed by atoms with E-state index in [-0.39, 0.29) is 0 Å². The Bertz CT molecular complexity index is 368. The van der Waals surface area contributed by atoms with Gasteiger partial charge in [-0.3, -0.25) is 0 Å². The fourth-order valence-corrected chi connectivity index (χ4v) is 1.80. The van der Waals surface area contributed by atoms with E-state index in [1.54, 1.807) is 0 Å². The smallest absolute Gasteiger partial charge is 0.0992 e. The molecule has 0 aliphatic heterocycles. The van der Waals surface area contributed by atoms with Gasteiger partial charge in [-0.2, -0.15) is 5.26 Å². The van der Waals surface area contributed by atoms with Crippen molar-refractivity contribution >= 4 is 5.69 Å². The number of hydrogen-bond donors (Lipinski definition) is 1. The highest BCUT2D eigenvalue weighted by Gasteiger charge is 2.00. The number of rotatable bonds is 7. The van der Waals surface area contributed by atoms with Gasteiger partial charge in [0.15, 0.2) is 0 Å². The molecular weight excluding hydrogens is 210 g/mol. The van der Waals surface area contributed by atoms with Gasteiger partial charge in [-0.05, 0) is 37.7 Å².